The van der Waals surface area contributed by atoms with Crippen molar-refractivity contribution < 1.29 is 0 Å². The minimum Gasteiger partial charge on any atom is -0.324 e. The van der Waals surface area contributed by atoms with Gasteiger partial charge in [-0.05, 0) is 49.1 Å². The van der Waals surface area contributed by atoms with Gasteiger partial charge in [-0.25, -0.2) is 0 Å². The molecule has 21 heavy (non-hydrogen) atoms. The monoisotopic (exact) mass is 283 g/mol. The van der Waals surface area contributed by atoms with Gasteiger partial charge in [0.2, 0.25) is 0 Å². The maximum absolute atomic E-state index is 6.52. The smallest absolute Gasteiger partial charge is 0.0669 e. The first-order valence-corrected chi connectivity index (χ1v) is 8.04. The first kappa shape index (κ1) is 14.3. The number of aromatic nitrogens is 2. The number of benzene rings is 1. The van der Waals surface area contributed by atoms with Crippen molar-refractivity contribution in [2.75, 3.05) is 0 Å². The fraction of sp³-hybridized carbons (Fsp3) is 0.500. The average molecular weight is 283 g/mol. The Morgan fingerprint density at radius 2 is 2.19 bits per heavy atom. The number of aryl methyl sites for hydroxylation is 3. The van der Waals surface area contributed by atoms with Gasteiger partial charge in [-0.15, -0.1) is 0 Å². The summed E-state index contributed by atoms with van der Waals surface area (Å²) in [5.74, 6) is 0.592. The summed E-state index contributed by atoms with van der Waals surface area (Å²) in [4.78, 5) is 0. The van der Waals surface area contributed by atoms with Crippen LogP contribution in [0.3, 0.4) is 0 Å². The molecule has 1 aliphatic carbocycles. The van der Waals surface area contributed by atoms with E-state index in [0.29, 0.717) is 5.92 Å². The molecule has 1 aromatic carbocycles. The third kappa shape index (κ3) is 2.88. The Hall–Kier alpha value is -1.61. The number of hydrogen-bond donors (Lipinski definition) is 1. The van der Waals surface area contributed by atoms with Crippen molar-refractivity contribution >= 4 is 0 Å². The zero-order valence-corrected chi connectivity index (χ0v) is 13.0. The SMILES string of the molecule is CCc1nn(C)cc1C(N)CC1CCCc2ccccc21. The van der Waals surface area contributed by atoms with Crippen molar-refractivity contribution in [3.8, 4) is 0 Å². The van der Waals surface area contributed by atoms with E-state index in [1.807, 2.05) is 11.7 Å². The largest absolute Gasteiger partial charge is 0.324 e. The molecule has 1 aliphatic rings. The van der Waals surface area contributed by atoms with Crippen molar-refractivity contribution in [2.24, 2.45) is 12.8 Å². The van der Waals surface area contributed by atoms with Crippen LogP contribution in [-0.2, 0) is 19.9 Å². The topological polar surface area (TPSA) is 43.8 Å². The molecule has 0 amide bonds. The molecular formula is C18H25N3. The average Bonchev–Trinajstić information content (AvgIpc) is 2.89. The Bertz CT molecular complexity index is 615. The van der Waals surface area contributed by atoms with Gasteiger partial charge < -0.3 is 5.73 Å². The standard InChI is InChI=1S/C18H25N3/c1-3-18-16(12-21(2)20-18)17(19)11-14-9-6-8-13-7-4-5-10-15(13)14/h4-5,7,10,12,14,17H,3,6,8-9,11,19H2,1-2H3. The third-order valence-corrected chi connectivity index (χ3v) is 4.70. The summed E-state index contributed by atoms with van der Waals surface area (Å²) in [6.45, 7) is 2.15. The second-order valence-electron chi connectivity index (χ2n) is 6.19. The van der Waals surface area contributed by atoms with E-state index in [2.05, 4.69) is 42.5 Å². The van der Waals surface area contributed by atoms with Crippen LogP contribution in [0.5, 0.6) is 0 Å². The van der Waals surface area contributed by atoms with E-state index < -0.39 is 0 Å². The van der Waals surface area contributed by atoms with Gasteiger partial charge in [0.15, 0.2) is 0 Å². The van der Waals surface area contributed by atoms with Crippen molar-refractivity contribution in [1.82, 2.24) is 9.78 Å². The second kappa shape index (κ2) is 6.02. The zero-order valence-electron chi connectivity index (χ0n) is 13.0. The predicted molar refractivity (Wildman–Crippen MR) is 86.3 cm³/mol. The molecule has 2 N–H and O–H groups in total. The van der Waals surface area contributed by atoms with E-state index in [9.17, 15) is 0 Å². The van der Waals surface area contributed by atoms with Gasteiger partial charge in [0.1, 0.15) is 0 Å². The van der Waals surface area contributed by atoms with Crippen molar-refractivity contribution in [3.63, 3.8) is 0 Å². The molecule has 0 aliphatic heterocycles. The van der Waals surface area contributed by atoms with Gasteiger partial charge in [-0.2, -0.15) is 5.10 Å². The summed E-state index contributed by atoms with van der Waals surface area (Å²) in [6, 6.07) is 8.95. The summed E-state index contributed by atoms with van der Waals surface area (Å²) in [6.07, 6.45) is 7.82. The summed E-state index contributed by atoms with van der Waals surface area (Å²) in [5, 5.41) is 4.52. The van der Waals surface area contributed by atoms with Gasteiger partial charge in [0, 0.05) is 24.8 Å². The minimum absolute atomic E-state index is 0.0878. The molecule has 3 rings (SSSR count). The maximum Gasteiger partial charge on any atom is 0.0669 e. The lowest BCUT2D eigenvalue weighted by Gasteiger charge is -2.27. The summed E-state index contributed by atoms with van der Waals surface area (Å²) < 4.78 is 1.89. The highest BCUT2D eigenvalue weighted by molar-refractivity contribution is 5.33. The van der Waals surface area contributed by atoms with Crippen molar-refractivity contribution in [1.29, 1.82) is 0 Å². The van der Waals surface area contributed by atoms with Crippen LogP contribution in [0.25, 0.3) is 0 Å². The lowest BCUT2D eigenvalue weighted by molar-refractivity contribution is 0.475. The van der Waals surface area contributed by atoms with Crippen LogP contribution >= 0.6 is 0 Å². The number of rotatable bonds is 4. The summed E-state index contributed by atoms with van der Waals surface area (Å²) >= 11 is 0. The Labute approximate surface area is 127 Å². The molecule has 0 fully saturated rings. The van der Waals surface area contributed by atoms with Gasteiger partial charge in [0.25, 0.3) is 0 Å². The molecule has 2 atom stereocenters. The van der Waals surface area contributed by atoms with E-state index in [1.54, 1.807) is 0 Å². The highest BCUT2D eigenvalue weighted by Crippen LogP contribution is 2.37. The van der Waals surface area contributed by atoms with Gasteiger partial charge >= 0.3 is 0 Å². The molecule has 2 aromatic rings. The van der Waals surface area contributed by atoms with Gasteiger partial charge in [0.05, 0.1) is 5.69 Å². The number of nitrogens with two attached hydrogens (primary N) is 1. The molecular weight excluding hydrogens is 258 g/mol. The van der Waals surface area contributed by atoms with Crippen molar-refractivity contribution in [2.45, 2.75) is 51.0 Å². The fourth-order valence-corrected chi connectivity index (χ4v) is 3.67. The lowest BCUT2D eigenvalue weighted by Crippen LogP contribution is -2.18. The Morgan fingerprint density at radius 3 is 3.00 bits per heavy atom. The van der Waals surface area contributed by atoms with Crippen LogP contribution in [-0.4, -0.2) is 9.78 Å². The molecule has 3 nitrogen and oxygen atoms in total. The van der Waals surface area contributed by atoms with Crippen LogP contribution in [0.15, 0.2) is 30.5 Å². The number of fused-ring (bicyclic) bond motifs is 1. The molecule has 0 saturated carbocycles. The van der Waals surface area contributed by atoms with Crippen LogP contribution in [0, 0.1) is 0 Å². The van der Waals surface area contributed by atoms with E-state index in [4.69, 9.17) is 5.73 Å². The highest BCUT2D eigenvalue weighted by atomic mass is 15.3. The second-order valence-corrected chi connectivity index (χ2v) is 6.19. The van der Waals surface area contributed by atoms with Crippen molar-refractivity contribution in [3.05, 3.63) is 52.8 Å². The molecule has 112 valence electrons. The Kier molecular flexibility index (Phi) is 4.11. The molecule has 0 bridgehead atoms. The number of nitrogens with zero attached hydrogens (tertiary/aromatic N) is 2. The first-order chi connectivity index (χ1) is 10.2. The van der Waals surface area contributed by atoms with E-state index >= 15 is 0 Å². The van der Waals surface area contributed by atoms with E-state index in [-0.39, 0.29) is 6.04 Å². The van der Waals surface area contributed by atoms with E-state index in [0.717, 1.165) is 18.5 Å². The Balaban J connectivity index is 1.81. The fourth-order valence-electron chi connectivity index (χ4n) is 3.67. The normalized spacial score (nSPS) is 19.3. The van der Waals surface area contributed by atoms with Crippen LogP contribution in [0.1, 0.15) is 60.5 Å². The van der Waals surface area contributed by atoms with Gasteiger partial charge in [-0.3, -0.25) is 4.68 Å². The Morgan fingerprint density at radius 1 is 1.38 bits per heavy atom. The quantitative estimate of drug-likeness (QED) is 0.933. The zero-order chi connectivity index (χ0) is 14.8. The summed E-state index contributed by atoms with van der Waals surface area (Å²) in [7, 11) is 1.98. The molecule has 0 radical (unpaired) electrons. The first-order valence-electron chi connectivity index (χ1n) is 8.04. The molecule has 0 spiro atoms. The van der Waals surface area contributed by atoms with E-state index in [1.165, 1.54) is 36.0 Å². The lowest BCUT2D eigenvalue weighted by atomic mass is 9.79. The molecule has 0 saturated heterocycles. The maximum atomic E-state index is 6.52. The van der Waals surface area contributed by atoms with Gasteiger partial charge in [-0.1, -0.05) is 31.2 Å². The molecule has 3 heteroatoms. The van der Waals surface area contributed by atoms with Crippen LogP contribution < -0.4 is 5.73 Å². The summed E-state index contributed by atoms with van der Waals surface area (Å²) in [5.41, 5.74) is 11.9. The highest BCUT2D eigenvalue weighted by Gasteiger charge is 2.24. The third-order valence-electron chi connectivity index (χ3n) is 4.70. The molecule has 1 aromatic heterocycles. The number of hydrogen-bond acceptors (Lipinski definition) is 2. The van der Waals surface area contributed by atoms with Crippen LogP contribution in [0.4, 0.5) is 0 Å². The predicted octanol–water partition coefficient (Wildman–Crippen LogP) is 3.49. The minimum atomic E-state index is 0.0878. The van der Waals surface area contributed by atoms with Crippen LogP contribution in [0.2, 0.25) is 0 Å². The molecule has 1 heterocycles. The molecule has 2 unspecified atom stereocenters.